The van der Waals surface area contributed by atoms with E-state index in [9.17, 15) is 19.2 Å². The molecule has 0 radical (unpaired) electrons. The van der Waals surface area contributed by atoms with Crippen LogP contribution in [0.2, 0.25) is 0 Å². The second-order valence-corrected chi connectivity index (χ2v) is 6.75. The van der Waals surface area contributed by atoms with Gasteiger partial charge in [-0.2, -0.15) is 11.8 Å². The third-order valence-electron chi connectivity index (χ3n) is 3.11. The number of nitrogens with two attached hydrogens (primary N) is 1. The number of carbonyl (C=O) groups is 4. The number of hydrogen-bond acceptors (Lipinski definition) is 8. The summed E-state index contributed by atoms with van der Waals surface area (Å²) in [6.07, 6.45) is 1.52. The van der Waals surface area contributed by atoms with E-state index in [4.69, 9.17) is 20.3 Å². The Hall–Kier alpha value is -1.81. The number of hydrogen-bond donors (Lipinski definition) is 3. The zero-order valence-corrected chi connectivity index (χ0v) is 16.0. The molecule has 0 saturated heterocycles. The SMILES string of the molecule is CC(=O)OC[C@H](CSC[C@H](N)C(=O)NCCCCCC(=O)O)OC(C)=O. The first-order chi connectivity index (χ1) is 12.2. The summed E-state index contributed by atoms with van der Waals surface area (Å²) in [5, 5.41) is 11.2. The number of carboxylic acids is 1. The first-order valence-corrected chi connectivity index (χ1v) is 9.51. The zero-order chi connectivity index (χ0) is 19.9. The van der Waals surface area contributed by atoms with E-state index in [-0.39, 0.29) is 18.9 Å². The van der Waals surface area contributed by atoms with Crippen molar-refractivity contribution < 1.29 is 33.8 Å². The van der Waals surface area contributed by atoms with Gasteiger partial charge in [-0.25, -0.2) is 0 Å². The van der Waals surface area contributed by atoms with Crippen LogP contribution < -0.4 is 11.1 Å². The van der Waals surface area contributed by atoms with Crippen LogP contribution in [-0.4, -0.2) is 65.7 Å². The van der Waals surface area contributed by atoms with Gasteiger partial charge in [-0.1, -0.05) is 6.42 Å². The fourth-order valence-electron chi connectivity index (χ4n) is 1.88. The van der Waals surface area contributed by atoms with Crippen LogP contribution in [0.25, 0.3) is 0 Å². The van der Waals surface area contributed by atoms with Gasteiger partial charge in [0.1, 0.15) is 12.7 Å². The van der Waals surface area contributed by atoms with Gasteiger partial charge in [0.05, 0.1) is 6.04 Å². The molecule has 0 aliphatic heterocycles. The van der Waals surface area contributed by atoms with Crippen molar-refractivity contribution in [2.75, 3.05) is 24.7 Å². The summed E-state index contributed by atoms with van der Waals surface area (Å²) >= 11 is 1.32. The fraction of sp³-hybridized carbons (Fsp3) is 0.750. The molecule has 150 valence electrons. The van der Waals surface area contributed by atoms with Crippen LogP contribution in [0.4, 0.5) is 0 Å². The van der Waals surface area contributed by atoms with Crippen molar-refractivity contribution in [1.82, 2.24) is 5.32 Å². The van der Waals surface area contributed by atoms with Crippen LogP contribution in [0, 0.1) is 0 Å². The molecular weight excluding hydrogens is 364 g/mol. The quantitative estimate of drug-likeness (QED) is 0.281. The van der Waals surface area contributed by atoms with Crippen molar-refractivity contribution in [1.29, 1.82) is 0 Å². The zero-order valence-electron chi connectivity index (χ0n) is 15.2. The Balaban J connectivity index is 3.95. The molecule has 0 heterocycles. The van der Waals surface area contributed by atoms with E-state index in [1.54, 1.807) is 0 Å². The molecule has 2 atom stereocenters. The number of nitrogens with one attached hydrogen (secondary N) is 1. The van der Waals surface area contributed by atoms with Crippen molar-refractivity contribution in [3.05, 3.63) is 0 Å². The Labute approximate surface area is 157 Å². The minimum absolute atomic E-state index is 0.0420. The Morgan fingerprint density at radius 3 is 2.35 bits per heavy atom. The molecule has 0 rings (SSSR count). The lowest BCUT2D eigenvalue weighted by atomic mass is 10.2. The molecule has 0 aliphatic carbocycles. The first-order valence-electron chi connectivity index (χ1n) is 8.35. The summed E-state index contributed by atoms with van der Waals surface area (Å²) in [5.74, 6) is -1.39. The number of amides is 1. The van der Waals surface area contributed by atoms with Gasteiger partial charge in [0.2, 0.25) is 5.91 Å². The molecule has 10 heteroatoms. The predicted octanol–water partition coefficient (Wildman–Crippen LogP) is 0.303. The average Bonchev–Trinajstić information content (AvgIpc) is 2.54. The van der Waals surface area contributed by atoms with E-state index in [1.807, 2.05) is 0 Å². The molecule has 26 heavy (non-hydrogen) atoms. The third kappa shape index (κ3) is 14.5. The van der Waals surface area contributed by atoms with Crippen LogP contribution in [-0.2, 0) is 28.7 Å². The third-order valence-corrected chi connectivity index (χ3v) is 4.31. The summed E-state index contributed by atoms with van der Waals surface area (Å²) < 4.78 is 9.88. The van der Waals surface area contributed by atoms with Gasteiger partial charge in [-0.15, -0.1) is 0 Å². The fourth-order valence-corrected chi connectivity index (χ4v) is 2.85. The van der Waals surface area contributed by atoms with Crippen LogP contribution in [0.3, 0.4) is 0 Å². The van der Waals surface area contributed by atoms with E-state index in [0.717, 1.165) is 6.42 Å². The topological polar surface area (TPSA) is 145 Å². The van der Waals surface area contributed by atoms with Gasteiger partial charge >= 0.3 is 17.9 Å². The molecule has 0 fully saturated rings. The monoisotopic (exact) mass is 392 g/mol. The maximum Gasteiger partial charge on any atom is 0.303 e. The van der Waals surface area contributed by atoms with Crippen LogP contribution >= 0.6 is 11.8 Å². The highest BCUT2D eigenvalue weighted by atomic mass is 32.2. The van der Waals surface area contributed by atoms with E-state index in [1.165, 1.54) is 25.6 Å². The van der Waals surface area contributed by atoms with Gasteiger partial charge in [0, 0.05) is 38.3 Å². The van der Waals surface area contributed by atoms with Gasteiger partial charge in [-0.3, -0.25) is 19.2 Å². The highest BCUT2D eigenvalue weighted by Crippen LogP contribution is 2.09. The number of ether oxygens (including phenoxy) is 2. The number of carbonyl (C=O) groups excluding carboxylic acids is 3. The molecular formula is C16H28N2O7S. The Morgan fingerprint density at radius 2 is 1.77 bits per heavy atom. The predicted molar refractivity (Wildman–Crippen MR) is 96.6 cm³/mol. The Bertz CT molecular complexity index is 474. The van der Waals surface area contributed by atoms with E-state index in [2.05, 4.69) is 5.32 Å². The lowest BCUT2D eigenvalue weighted by molar-refractivity contribution is -0.154. The van der Waals surface area contributed by atoms with Gasteiger partial charge < -0.3 is 25.6 Å². The molecule has 1 amide bonds. The number of unbranched alkanes of at least 4 members (excludes halogenated alkanes) is 2. The molecule has 0 unspecified atom stereocenters. The summed E-state index contributed by atoms with van der Waals surface area (Å²) in [6.45, 7) is 2.93. The second-order valence-electron chi connectivity index (χ2n) is 5.67. The molecule has 0 saturated carbocycles. The lowest BCUT2D eigenvalue weighted by Gasteiger charge is -2.17. The molecule has 0 spiro atoms. The highest BCUT2D eigenvalue weighted by Gasteiger charge is 2.17. The normalized spacial score (nSPS) is 12.7. The van der Waals surface area contributed by atoms with Gasteiger partial charge in [-0.05, 0) is 12.8 Å². The van der Waals surface area contributed by atoms with Crippen molar-refractivity contribution in [2.24, 2.45) is 5.73 Å². The maximum absolute atomic E-state index is 11.9. The maximum atomic E-state index is 11.9. The molecule has 0 aromatic heterocycles. The Kier molecular flexibility index (Phi) is 13.4. The van der Waals surface area contributed by atoms with E-state index in [0.29, 0.717) is 30.9 Å². The highest BCUT2D eigenvalue weighted by molar-refractivity contribution is 7.99. The molecule has 0 aliphatic rings. The summed E-state index contributed by atoms with van der Waals surface area (Å²) in [6, 6.07) is -0.717. The summed E-state index contributed by atoms with van der Waals surface area (Å²) in [5.41, 5.74) is 5.80. The van der Waals surface area contributed by atoms with Crippen LogP contribution in [0.5, 0.6) is 0 Å². The Morgan fingerprint density at radius 1 is 1.08 bits per heavy atom. The van der Waals surface area contributed by atoms with Crippen molar-refractivity contribution in [3.8, 4) is 0 Å². The smallest absolute Gasteiger partial charge is 0.303 e. The molecule has 9 nitrogen and oxygen atoms in total. The second kappa shape index (κ2) is 14.4. The number of rotatable bonds is 14. The van der Waals surface area contributed by atoms with E-state index >= 15 is 0 Å². The molecule has 0 bridgehead atoms. The number of thioether (sulfide) groups is 1. The lowest BCUT2D eigenvalue weighted by Crippen LogP contribution is -2.43. The van der Waals surface area contributed by atoms with Crippen LogP contribution in [0.15, 0.2) is 0 Å². The van der Waals surface area contributed by atoms with Gasteiger partial charge in [0.25, 0.3) is 0 Å². The van der Waals surface area contributed by atoms with Gasteiger partial charge in [0.15, 0.2) is 0 Å². The van der Waals surface area contributed by atoms with E-state index < -0.39 is 30.1 Å². The largest absolute Gasteiger partial charge is 0.481 e. The van der Waals surface area contributed by atoms with Crippen molar-refractivity contribution >= 4 is 35.6 Å². The average molecular weight is 392 g/mol. The number of esters is 2. The van der Waals surface area contributed by atoms with Crippen molar-refractivity contribution in [2.45, 2.75) is 51.7 Å². The minimum Gasteiger partial charge on any atom is -0.481 e. The molecule has 4 N–H and O–H groups in total. The molecule has 0 aromatic carbocycles. The summed E-state index contributed by atoms with van der Waals surface area (Å²) in [7, 11) is 0. The standard InChI is InChI=1S/C16H28N2O7S/c1-11(19)24-8-13(25-12(2)20)9-26-10-14(17)16(23)18-7-5-3-4-6-15(21)22/h13-14H,3-10,17H2,1-2H3,(H,18,23)(H,21,22)/t13-,14+/m1/s1. The number of carboxylic acid groups (broad SMARTS) is 1. The number of aliphatic carboxylic acids is 1. The minimum atomic E-state index is -0.825. The first kappa shape index (κ1) is 24.2. The van der Waals surface area contributed by atoms with Crippen molar-refractivity contribution in [3.63, 3.8) is 0 Å². The van der Waals surface area contributed by atoms with Crippen LogP contribution in [0.1, 0.15) is 39.5 Å². The summed E-state index contributed by atoms with van der Waals surface area (Å²) in [4.78, 5) is 44.1. The molecule has 0 aromatic rings.